The van der Waals surface area contributed by atoms with E-state index in [9.17, 15) is 5.11 Å². The maximum atomic E-state index is 10.3. The van der Waals surface area contributed by atoms with Crippen molar-refractivity contribution in [3.8, 4) is 12.3 Å². The van der Waals surface area contributed by atoms with Gasteiger partial charge in [0, 0.05) is 37.6 Å². The van der Waals surface area contributed by atoms with Crippen molar-refractivity contribution < 1.29 is 9.84 Å². The molecule has 0 radical (unpaired) electrons. The summed E-state index contributed by atoms with van der Waals surface area (Å²) in [6, 6.07) is 13.4. The first-order chi connectivity index (χ1) is 12.7. The lowest BCUT2D eigenvalue weighted by Gasteiger charge is -2.25. The molecule has 0 spiro atoms. The van der Waals surface area contributed by atoms with Crippen LogP contribution in [0.15, 0.2) is 42.6 Å². The van der Waals surface area contributed by atoms with E-state index in [0.717, 1.165) is 13.1 Å². The van der Waals surface area contributed by atoms with Gasteiger partial charge in [0.2, 0.25) is 0 Å². The summed E-state index contributed by atoms with van der Waals surface area (Å²) >= 11 is 0. The molecule has 0 aliphatic heterocycles. The third-order valence-corrected chi connectivity index (χ3v) is 4.89. The third-order valence-electron chi connectivity index (χ3n) is 4.89. The van der Waals surface area contributed by atoms with Crippen LogP contribution in [0, 0.1) is 19.3 Å². The van der Waals surface area contributed by atoms with Crippen LogP contribution in [0.4, 0.5) is 0 Å². The first kappa shape index (κ1) is 18.7. The van der Waals surface area contributed by atoms with E-state index in [1.165, 1.54) is 29.7 Å². The SMILES string of the molecule is C#CCOCC(O)CN(Cc1cccn1Cc1ccccc1C)C1CC1. The number of nitrogens with zero attached hydrogens (tertiary/aromatic N) is 2. The molecule has 1 N–H and O–H groups in total. The standard InChI is InChI=1S/C22H28N2O2/c1-3-13-26-17-22(25)16-24(20-10-11-20)15-21-9-6-12-23(21)14-19-8-5-4-7-18(19)2/h1,4-9,12,20,22,25H,10-11,13-17H2,2H3. The highest BCUT2D eigenvalue weighted by molar-refractivity contribution is 5.26. The van der Waals surface area contributed by atoms with Gasteiger partial charge in [-0.05, 0) is 43.0 Å². The van der Waals surface area contributed by atoms with Crippen molar-refractivity contribution in [1.82, 2.24) is 9.47 Å². The molecule has 0 amide bonds. The van der Waals surface area contributed by atoms with Crippen LogP contribution < -0.4 is 0 Å². The van der Waals surface area contributed by atoms with E-state index in [0.29, 0.717) is 12.6 Å². The minimum absolute atomic E-state index is 0.250. The number of aryl methyl sites for hydroxylation is 1. The van der Waals surface area contributed by atoms with Gasteiger partial charge in [-0.1, -0.05) is 30.2 Å². The van der Waals surface area contributed by atoms with Crippen LogP contribution in [-0.2, 0) is 17.8 Å². The van der Waals surface area contributed by atoms with Gasteiger partial charge in [-0.3, -0.25) is 4.90 Å². The number of terminal acetylenes is 1. The molecule has 1 aliphatic rings. The molecule has 0 saturated heterocycles. The highest BCUT2D eigenvalue weighted by Gasteiger charge is 2.30. The minimum atomic E-state index is -0.510. The van der Waals surface area contributed by atoms with Gasteiger partial charge >= 0.3 is 0 Å². The predicted molar refractivity (Wildman–Crippen MR) is 104 cm³/mol. The smallest absolute Gasteiger partial charge is 0.107 e. The topological polar surface area (TPSA) is 37.6 Å². The molecular weight excluding hydrogens is 324 g/mol. The Morgan fingerprint density at radius 1 is 1.31 bits per heavy atom. The fourth-order valence-electron chi connectivity index (χ4n) is 3.29. The minimum Gasteiger partial charge on any atom is -0.389 e. The molecule has 2 aromatic rings. The fourth-order valence-corrected chi connectivity index (χ4v) is 3.29. The largest absolute Gasteiger partial charge is 0.389 e. The monoisotopic (exact) mass is 352 g/mol. The molecule has 1 aliphatic carbocycles. The van der Waals surface area contributed by atoms with Crippen LogP contribution >= 0.6 is 0 Å². The zero-order chi connectivity index (χ0) is 18.4. The summed E-state index contributed by atoms with van der Waals surface area (Å²) in [7, 11) is 0. The molecule has 1 aromatic heterocycles. The lowest BCUT2D eigenvalue weighted by atomic mass is 10.1. The number of aliphatic hydroxyl groups is 1. The van der Waals surface area contributed by atoms with E-state index in [4.69, 9.17) is 11.2 Å². The van der Waals surface area contributed by atoms with Crippen molar-refractivity contribution in [2.24, 2.45) is 0 Å². The van der Waals surface area contributed by atoms with Gasteiger partial charge in [0.15, 0.2) is 0 Å². The molecule has 4 heteroatoms. The average molecular weight is 352 g/mol. The van der Waals surface area contributed by atoms with Crippen molar-refractivity contribution in [2.75, 3.05) is 19.8 Å². The van der Waals surface area contributed by atoms with E-state index in [1.54, 1.807) is 0 Å². The Kier molecular flexibility index (Phi) is 6.51. The zero-order valence-electron chi connectivity index (χ0n) is 15.5. The van der Waals surface area contributed by atoms with Gasteiger partial charge in [0.05, 0.1) is 12.7 Å². The summed E-state index contributed by atoms with van der Waals surface area (Å²) in [4.78, 5) is 2.37. The summed E-state index contributed by atoms with van der Waals surface area (Å²) in [6.07, 6.45) is 9.22. The summed E-state index contributed by atoms with van der Waals surface area (Å²) in [6.45, 7) is 5.03. The molecule has 138 valence electrons. The van der Waals surface area contributed by atoms with Crippen LogP contribution in [0.3, 0.4) is 0 Å². The first-order valence-electron chi connectivity index (χ1n) is 9.29. The van der Waals surface area contributed by atoms with Gasteiger partial charge in [-0.2, -0.15) is 0 Å². The Balaban J connectivity index is 1.62. The normalized spacial score (nSPS) is 15.2. The number of rotatable bonds is 10. The van der Waals surface area contributed by atoms with Crippen molar-refractivity contribution >= 4 is 0 Å². The lowest BCUT2D eigenvalue weighted by molar-refractivity contribution is 0.0238. The molecule has 1 atom stereocenters. The fraction of sp³-hybridized carbons (Fsp3) is 0.455. The van der Waals surface area contributed by atoms with Crippen LogP contribution in [0.25, 0.3) is 0 Å². The summed E-state index contributed by atoms with van der Waals surface area (Å²) in [5.41, 5.74) is 3.93. The molecule has 1 saturated carbocycles. The van der Waals surface area contributed by atoms with Crippen molar-refractivity contribution in [1.29, 1.82) is 0 Å². The molecule has 4 nitrogen and oxygen atoms in total. The third kappa shape index (κ3) is 5.22. The van der Waals surface area contributed by atoms with Crippen LogP contribution in [-0.4, -0.2) is 46.5 Å². The number of hydrogen-bond acceptors (Lipinski definition) is 3. The van der Waals surface area contributed by atoms with Gasteiger partial charge in [-0.25, -0.2) is 0 Å². The Labute approximate surface area is 156 Å². The summed E-state index contributed by atoms with van der Waals surface area (Å²) in [5.74, 6) is 2.43. The Morgan fingerprint density at radius 3 is 2.85 bits per heavy atom. The lowest BCUT2D eigenvalue weighted by Crippen LogP contribution is -2.36. The molecule has 1 aromatic carbocycles. The first-order valence-corrected chi connectivity index (χ1v) is 9.29. The maximum absolute atomic E-state index is 10.3. The van der Waals surface area contributed by atoms with Crippen LogP contribution in [0.2, 0.25) is 0 Å². The number of benzene rings is 1. The van der Waals surface area contributed by atoms with E-state index in [-0.39, 0.29) is 13.2 Å². The highest BCUT2D eigenvalue weighted by atomic mass is 16.5. The van der Waals surface area contributed by atoms with E-state index in [2.05, 4.69) is 64.9 Å². The van der Waals surface area contributed by atoms with Gasteiger partial charge in [0.25, 0.3) is 0 Å². The molecule has 0 bridgehead atoms. The average Bonchev–Trinajstić information content (AvgIpc) is 3.39. The second-order valence-corrected chi connectivity index (χ2v) is 7.09. The van der Waals surface area contributed by atoms with E-state index in [1.807, 2.05) is 0 Å². The van der Waals surface area contributed by atoms with Gasteiger partial charge in [-0.15, -0.1) is 6.42 Å². The zero-order valence-corrected chi connectivity index (χ0v) is 15.5. The summed E-state index contributed by atoms with van der Waals surface area (Å²) in [5, 5.41) is 10.3. The van der Waals surface area contributed by atoms with E-state index < -0.39 is 6.10 Å². The van der Waals surface area contributed by atoms with Crippen LogP contribution in [0.5, 0.6) is 0 Å². The van der Waals surface area contributed by atoms with Crippen LogP contribution in [0.1, 0.15) is 29.7 Å². The van der Waals surface area contributed by atoms with E-state index >= 15 is 0 Å². The van der Waals surface area contributed by atoms with Crippen molar-refractivity contribution in [2.45, 2.75) is 45.0 Å². The van der Waals surface area contributed by atoms with Crippen molar-refractivity contribution in [3.63, 3.8) is 0 Å². The van der Waals surface area contributed by atoms with Gasteiger partial charge < -0.3 is 14.4 Å². The number of hydrogen-bond donors (Lipinski definition) is 1. The molecule has 1 unspecified atom stereocenters. The Morgan fingerprint density at radius 2 is 2.12 bits per heavy atom. The predicted octanol–water partition coefficient (Wildman–Crippen LogP) is 2.82. The molecule has 1 heterocycles. The molecule has 1 fully saturated rings. The van der Waals surface area contributed by atoms with Gasteiger partial charge in [0.1, 0.15) is 6.61 Å². The second kappa shape index (κ2) is 9.05. The number of ether oxygens (including phenoxy) is 1. The highest BCUT2D eigenvalue weighted by Crippen LogP contribution is 2.28. The molecule has 3 rings (SSSR count). The number of aromatic nitrogens is 1. The second-order valence-electron chi connectivity index (χ2n) is 7.09. The molecule has 26 heavy (non-hydrogen) atoms. The maximum Gasteiger partial charge on any atom is 0.107 e. The number of aliphatic hydroxyl groups excluding tert-OH is 1. The Bertz CT molecular complexity index is 743. The molecular formula is C22H28N2O2. The quantitative estimate of drug-likeness (QED) is 0.528. The summed E-state index contributed by atoms with van der Waals surface area (Å²) < 4.78 is 7.58. The van der Waals surface area contributed by atoms with Crippen molar-refractivity contribution in [3.05, 3.63) is 59.4 Å². The Hall–Kier alpha value is -2.06.